The normalized spacial score (nSPS) is 12.7. The number of carbonyl (C=O) groups is 1. The number of hydrogen-bond acceptors (Lipinski definition) is 4. The van der Waals surface area contributed by atoms with E-state index < -0.39 is 0 Å². The maximum atomic E-state index is 12.1. The Labute approximate surface area is 173 Å². The molecule has 0 aliphatic heterocycles. The van der Waals surface area contributed by atoms with E-state index in [-0.39, 0.29) is 11.9 Å². The van der Waals surface area contributed by atoms with Gasteiger partial charge in [-0.2, -0.15) is 5.10 Å². The molecule has 158 valence electrons. The lowest BCUT2D eigenvalue weighted by molar-refractivity contribution is 0.0827. The van der Waals surface area contributed by atoms with Crippen LogP contribution in [0.15, 0.2) is 41.7 Å². The molecule has 1 atom stereocenters. The molecule has 0 bridgehead atoms. The lowest BCUT2D eigenvalue weighted by atomic mass is 10.1. The van der Waals surface area contributed by atoms with E-state index >= 15 is 0 Å². The molecule has 2 rings (SSSR count). The summed E-state index contributed by atoms with van der Waals surface area (Å²) in [6.45, 7) is 1.43. The predicted octanol–water partition coefficient (Wildman–Crippen LogP) is 1.13. The molecule has 0 saturated carbocycles. The monoisotopic (exact) mass is 399 g/mol. The maximum absolute atomic E-state index is 12.1. The van der Waals surface area contributed by atoms with Gasteiger partial charge in [0.05, 0.1) is 12.2 Å². The number of likely N-dealkylation sites (N-methyl/N-ethyl adjacent to an activating group) is 1. The van der Waals surface area contributed by atoms with E-state index in [1.165, 1.54) is 0 Å². The first-order chi connectivity index (χ1) is 13.8. The fraction of sp³-hybridized carbons (Fsp3) is 0.476. The molecule has 2 aromatic rings. The van der Waals surface area contributed by atoms with Crippen LogP contribution in [0.4, 0.5) is 0 Å². The van der Waals surface area contributed by atoms with E-state index in [0.717, 1.165) is 30.1 Å². The molecule has 0 saturated heterocycles. The third-order valence-corrected chi connectivity index (χ3v) is 4.71. The van der Waals surface area contributed by atoms with Crippen molar-refractivity contribution in [3.05, 3.63) is 53.3 Å². The summed E-state index contributed by atoms with van der Waals surface area (Å²) < 4.78 is 1.81. The van der Waals surface area contributed by atoms with Crippen LogP contribution in [0.5, 0.6) is 0 Å². The van der Waals surface area contributed by atoms with Gasteiger partial charge in [0, 0.05) is 58.6 Å². The maximum Gasteiger partial charge on any atom is 0.253 e. The Bertz CT molecular complexity index is 826. The van der Waals surface area contributed by atoms with E-state index in [4.69, 9.17) is 0 Å². The minimum atomic E-state index is 0.0161. The first-order valence-electron chi connectivity index (χ1n) is 9.72. The van der Waals surface area contributed by atoms with Gasteiger partial charge >= 0.3 is 0 Å². The fourth-order valence-electron chi connectivity index (χ4n) is 3.07. The fourth-order valence-corrected chi connectivity index (χ4v) is 3.07. The predicted molar refractivity (Wildman–Crippen MR) is 117 cm³/mol. The van der Waals surface area contributed by atoms with Crippen molar-refractivity contribution in [1.29, 1.82) is 0 Å². The van der Waals surface area contributed by atoms with Crippen LogP contribution in [0.1, 0.15) is 27.5 Å². The highest BCUT2D eigenvalue weighted by molar-refractivity contribution is 5.94. The van der Waals surface area contributed by atoms with Gasteiger partial charge in [-0.3, -0.25) is 14.5 Å². The summed E-state index contributed by atoms with van der Waals surface area (Å²) in [7, 11) is 11.3. The number of nitrogens with zero attached hydrogens (tertiary/aromatic N) is 5. The number of benzene rings is 1. The van der Waals surface area contributed by atoms with Gasteiger partial charge in [-0.15, -0.1) is 0 Å². The molecule has 0 fully saturated rings. The van der Waals surface area contributed by atoms with Gasteiger partial charge < -0.3 is 20.4 Å². The van der Waals surface area contributed by atoms with E-state index in [9.17, 15) is 4.79 Å². The lowest BCUT2D eigenvalue weighted by Crippen LogP contribution is -2.42. The van der Waals surface area contributed by atoms with Crippen LogP contribution < -0.4 is 10.6 Å². The van der Waals surface area contributed by atoms with Gasteiger partial charge in [-0.25, -0.2) is 0 Å². The topological polar surface area (TPSA) is 77.8 Å². The van der Waals surface area contributed by atoms with Crippen LogP contribution in [-0.4, -0.2) is 79.8 Å². The first-order valence-corrected chi connectivity index (χ1v) is 9.72. The van der Waals surface area contributed by atoms with Crippen molar-refractivity contribution in [1.82, 2.24) is 30.2 Å². The second kappa shape index (κ2) is 10.6. The number of hydrogen-bond donors (Lipinski definition) is 2. The number of aliphatic imine (C=N–C) groups is 1. The summed E-state index contributed by atoms with van der Waals surface area (Å²) in [5.74, 6) is 0.767. The highest BCUT2D eigenvalue weighted by Crippen LogP contribution is 2.16. The molecule has 0 radical (unpaired) electrons. The molecular weight excluding hydrogens is 366 g/mol. The Hall–Kier alpha value is -2.87. The van der Waals surface area contributed by atoms with Crippen LogP contribution in [0.3, 0.4) is 0 Å². The van der Waals surface area contributed by atoms with Crippen molar-refractivity contribution in [3.63, 3.8) is 0 Å². The van der Waals surface area contributed by atoms with Crippen LogP contribution in [0.2, 0.25) is 0 Å². The Balaban J connectivity index is 1.88. The zero-order valence-electron chi connectivity index (χ0n) is 18.3. The molecule has 0 spiro atoms. The standard InChI is InChI=1S/C21H33N7O/c1-22-21(24-14-19(26(2)3)18-13-25-28(6)15-18)23-11-10-16-8-7-9-17(12-16)20(29)27(4)5/h7-9,12-13,15,19H,10-11,14H2,1-6H3,(H2,22,23,24). The number of aryl methyl sites for hydroxylation is 1. The first kappa shape index (κ1) is 22.4. The molecule has 1 unspecified atom stereocenters. The number of rotatable bonds is 8. The largest absolute Gasteiger partial charge is 0.356 e. The second-order valence-corrected chi connectivity index (χ2v) is 7.46. The summed E-state index contributed by atoms with van der Waals surface area (Å²) >= 11 is 0. The van der Waals surface area contributed by atoms with Crippen molar-refractivity contribution in [2.75, 3.05) is 48.3 Å². The minimum absolute atomic E-state index is 0.0161. The van der Waals surface area contributed by atoms with Gasteiger partial charge in [-0.1, -0.05) is 12.1 Å². The van der Waals surface area contributed by atoms with Gasteiger partial charge in [0.2, 0.25) is 0 Å². The molecule has 8 heteroatoms. The Morgan fingerprint density at radius 1 is 1.24 bits per heavy atom. The third kappa shape index (κ3) is 6.60. The zero-order chi connectivity index (χ0) is 21.4. The number of guanidine groups is 1. The number of nitrogens with one attached hydrogen (secondary N) is 2. The quantitative estimate of drug-likeness (QED) is 0.514. The summed E-state index contributed by atoms with van der Waals surface area (Å²) in [5.41, 5.74) is 2.98. The summed E-state index contributed by atoms with van der Waals surface area (Å²) in [6, 6.07) is 7.95. The average molecular weight is 400 g/mol. The van der Waals surface area contributed by atoms with Crippen LogP contribution in [0, 0.1) is 0 Å². The second-order valence-electron chi connectivity index (χ2n) is 7.46. The number of carbonyl (C=O) groups excluding carboxylic acids is 1. The Kier molecular flexibility index (Phi) is 8.21. The van der Waals surface area contributed by atoms with E-state index in [0.29, 0.717) is 12.1 Å². The van der Waals surface area contributed by atoms with Crippen LogP contribution in [-0.2, 0) is 13.5 Å². The van der Waals surface area contributed by atoms with Gasteiger partial charge in [0.25, 0.3) is 5.91 Å². The van der Waals surface area contributed by atoms with Gasteiger partial charge in [-0.05, 0) is 38.2 Å². The molecule has 2 N–H and O–H groups in total. The van der Waals surface area contributed by atoms with Crippen molar-refractivity contribution < 1.29 is 4.79 Å². The molecule has 1 heterocycles. The van der Waals surface area contributed by atoms with Crippen molar-refractivity contribution >= 4 is 11.9 Å². The Morgan fingerprint density at radius 2 is 2.00 bits per heavy atom. The minimum Gasteiger partial charge on any atom is -0.356 e. The third-order valence-electron chi connectivity index (χ3n) is 4.71. The van der Waals surface area contributed by atoms with Crippen molar-refractivity contribution in [2.45, 2.75) is 12.5 Å². The van der Waals surface area contributed by atoms with E-state index in [2.05, 4.69) is 39.7 Å². The van der Waals surface area contributed by atoms with Crippen molar-refractivity contribution in [2.24, 2.45) is 12.0 Å². The molecule has 1 aromatic carbocycles. The molecular formula is C21H33N7O. The van der Waals surface area contributed by atoms with Crippen molar-refractivity contribution in [3.8, 4) is 0 Å². The molecule has 0 aliphatic carbocycles. The highest BCUT2D eigenvalue weighted by atomic mass is 16.2. The molecule has 29 heavy (non-hydrogen) atoms. The van der Waals surface area contributed by atoms with Crippen LogP contribution >= 0.6 is 0 Å². The summed E-state index contributed by atoms with van der Waals surface area (Å²) in [6.07, 6.45) is 4.73. The molecule has 0 aliphatic rings. The lowest BCUT2D eigenvalue weighted by Gasteiger charge is -2.24. The number of aromatic nitrogens is 2. The van der Waals surface area contributed by atoms with E-state index in [1.807, 2.05) is 48.4 Å². The average Bonchev–Trinajstić information content (AvgIpc) is 3.11. The van der Waals surface area contributed by atoms with Crippen LogP contribution in [0.25, 0.3) is 0 Å². The van der Waals surface area contributed by atoms with E-state index in [1.54, 1.807) is 26.0 Å². The zero-order valence-corrected chi connectivity index (χ0v) is 18.3. The number of amides is 1. The molecule has 1 amide bonds. The summed E-state index contributed by atoms with van der Waals surface area (Å²) in [5, 5.41) is 11.0. The smallest absolute Gasteiger partial charge is 0.253 e. The van der Waals surface area contributed by atoms with Gasteiger partial charge in [0.1, 0.15) is 0 Å². The van der Waals surface area contributed by atoms with Gasteiger partial charge in [0.15, 0.2) is 5.96 Å². The highest BCUT2D eigenvalue weighted by Gasteiger charge is 2.16. The molecule has 1 aromatic heterocycles. The Morgan fingerprint density at radius 3 is 2.59 bits per heavy atom. The summed E-state index contributed by atoms with van der Waals surface area (Å²) in [4.78, 5) is 20.2. The SMILES string of the molecule is CN=C(NCCc1cccc(C(=O)N(C)C)c1)NCC(c1cnn(C)c1)N(C)C. The molecule has 8 nitrogen and oxygen atoms in total.